The number of rotatable bonds is 5. The van der Waals surface area contributed by atoms with E-state index in [1.807, 2.05) is 12.2 Å². The second-order valence-corrected chi connectivity index (χ2v) is 6.36. The van der Waals surface area contributed by atoms with Crippen molar-refractivity contribution < 1.29 is 13.2 Å². The van der Waals surface area contributed by atoms with Gasteiger partial charge < -0.3 is 0 Å². The molecule has 1 N–H and O–H groups in total. The highest BCUT2D eigenvalue weighted by Crippen LogP contribution is 2.20. The van der Waals surface area contributed by atoms with Crippen molar-refractivity contribution in [3.63, 3.8) is 0 Å². The van der Waals surface area contributed by atoms with Crippen LogP contribution in [0.1, 0.15) is 39.5 Å². The van der Waals surface area contributed by atoms with Crippen LogP contribution >= 0.6 is 0 Å². The Hall–Kier alpha value is -0.840. The van der Waals surface area contributed by atoms with Crippen LogP contribution in [-0.4, -0.2) is 19.6 Å². The lowest BCUT2D eigenvalue weighted by Crippen LogP contribution is -2.37. The first-order valence-electron chi connectivity index (χ1n) is 5.66. The highest BCUT2D eigenvalue weighted by Gasteiger charge is 2.23. The summed E-state index contributed by atoms with van der Waals surface area (Å²) in [6.07, 6.45) is 6.71. The molecule has 0 aromatic carbocycles. The molecule has 4 nitrogen and oxygen atoms in total. The maximum absolute atomic E-state index is 11.6. The van der Waals surface area contributed by atoms with E-state index in [9.17, 15) is 13.2 Å². The highest BCUT2D eigenvalue weighted by atomic mass is 32.2. The van der Waals surface area contributed by atoms with Crippen molar-refractivity contribution in [2.45, 2.75) is 44.8 Å². The second-order valence-electron chi connectivity index (χ2n) is 4.26. The molecule has 1 amide bonds. The van der Waals surface area contributed by atoms with Crippen LogP contribution in [0.15, 0.2) is 12.2 Å². The Morgan fingerprint density at radius 3 is 2.75 bits per heavy atom. The number of hydrogen-bond donors (Lipinski definition) is 1. The van der Waals surface area contributed by atoms with E-state index in [-0.39, 0.29) is 12.3 Å². The molecular weight excluding hydrogens is 226 g/mol. The summed E-state index contributed by atoms with van der Waals surface area (Å²) in [4.78, 5) is 11.5. The lowest BCUT2D eigenvalue weighted by atomic mass is 10.1. The quantitative estimate of drug-likeness (QED) is 0.748. The molecule has 0 spiro atoms. The van der Waals surface area contributed by atoms with Crippen LogP contribution in [0.25, 0.3) is 0 Å². The molecule has 2 atom stereocenters. The van der Waals surface area contributed by atoms with E-state index in [2.05, 4.69) is 4.72 Å². The van der Waals surface area contributed by atoms with E-state index < -0.39 is 21.2 Å². The molecule has 5 heteroatoms. The summed E-state index contributed by atoms with van der Waals surface area (Å²) >= 11 is 0. The molecule has 92 valence electrons. The summed E-state index contributed by atoms with van der Waals surface area (Å²) in [6, 6.07) is 0. The van der Waals surface area contributed by atoms with Crippen molar-refractivity contribution in [2.75, 3.05) is 0 Å². The third-order valence-electron chi connectivity index (χ3n) is 2.92. The van der Waals surface area contributed by atoms with Crippen LogP contribution in [0.3, 0.4) is 0 Å². The van der Waals surface area contributed by atoms with Crippen molar-refractivity contribution in [3.05, 3.63) is 12.2 Å². The van der Waals surface area contributed by atoms with Crippen LogP contribution in [0, 0.1) is 5.92 Å². The average molecular weight is 245 g/mol. The number of amides is 1. The number of allylic oxidation sites excluding steroid dienone is 2. The number of carbonyl (C=O) groups excluding carboxylic acids is 1. The Balaban J connectivity index is 2.47. The summed E-state index contributed by atoms with van der Waals surface area (Å²) in [5.74, 6) is -0.191. The molecule has 0 bridgehead atoms. The topological polar surface area (TPSA) is 63.2 Å². The van der Waals surface area contributed by atoms with E-state index in [0.717, 1.165) is 12.8 Å². The molecule has 1 rings (SSSR count). The van der Waals surface area contributed by atoms with E-state index in [4.69, 9.17) is 0 Å². The maximum Gasteiger partial charge on any atom is 0.237 e. The fourth-order valence-corrected chi connectivity index (χ4v) is 2.66. The summed E-state index contributed by atoms with van der Waals surface area (Å²) < 4.78 is 25.3. The zero-order valence-corrected chi connectivity index (χ0v) is 10.6. The second kappa shape index (κ2) is 5.48. The van der Waals surface area contributed by atoms with E-state index in [0.29, 0.717) is 6.42 Å². The van der Waals surface area contributed by atoms with Gasteiger partial charge in [0.1, 0.15) is 0 Å². The van der Waals surface area contributed by atoms with E-state index in [1.165, 1.54) is 0 Å². The summed E-state index contributed by atoms with van der Waals surface area (Å²) in [5, 5.41) is -0.518. The monoisotopic (exact) mass is 245 g/mol. The van der Waals surface area contributed by atoms with Gasteiger partial charge >= 0.3 is 0 Å². The first-order valence-corrected chi connectivity index (χ1v) is 7.21. The van der Waals surface area contributed by atoms with Crippen LogP contribution < -0.4 is 4.72 Å². The maximum atomic E-state index is 11.6. The first-order chi connectivity index (χ1) is 7.45. The van der Waals surface area contributed by atoms with Crippen molar-refractivity contribution in [2.24, 2.45) is 5.92 Å². The van der Waals surface area contributed by atoms with Gasteiger partial charge in [-0.15, -0.1) is 0 Å². The van der Waals surface area contributed by atoms with Crippen molar-refractivity contribution >= 4 is 15.9 Å². The van der Waals surface area contributed by atoms with E-state index >= 15 is 0 Å². The molecule has 1 aliphatic carbocycles. The molecule has 16 heavy (non-hydrogen) atoms. The molecule has 1 aliphatic rings. The molecule has 0 saturated heterocycles. The molecular formula is C11H19NO3S. The standard InChI is InChI=1S/C11H19NO3S/c1-3-9(2)16(14,15)12-11(13)8-10-6-4-5-7-10/h4,6,9-10H,3,5,7-8H2,1-2H3,(H,12,13)/t9-,10+/m1/s1. The Morgan fingerprint density at radius 1 is 1.56 bits per heavy atom. The van der Waals surface area contributed by atoms with Crippen LogP contribution in [-0.2, 0) is 14.8 Å². The Kier molecular flexibility index (Phi) is 4.53. The summed E-state index contributed by atoms with van der Waals surface area (Å²) in [6.45, 7) is 3.39. The molecule has 0 aliphatic heterocycles. The number of carbonyl (C=O) groups is 1. The lowest BCUT2D eigenvalue weighted by Gasteiger charge is -2.13. The third-order valence-corrected chi connectivity index (χ3v) is 4.83. The molecule has 0 aromatic rings. The molecule has 0 unspecified atom stereocenters. The van der Waals surface area contributed by atoms with Gasteiger partial charge in [0.2, 0.25) is 15.9 Å². The molecule has 0 heterocycles. The lowest BCUT2D eigenvalue weighted by molar-refractivity contribution is -0.119. The minimum Gasteiger partial charge on any atom is -0.274 e. The van der Waals surface area contributed by atoms with Gasteiger partial charge in [0.15, 0.2) is 0 Å². The Morgan fingerprint density at radius 2 is 2.25 bits per heavy atom. The summed E-state index contributed by atoms with van der Waals surface area (Å²) in [5.41, 5.74) is 0. The number of nitrogens with one attached hydrogen (secondary N) is 1. The van der Waals surface area contributed by atoms with Crippen molar-refractivity contribution in [3.8, 4) is 0 Å². The first kappa shape index (κ1) is 13.2. The van der Waals surface area contributed by atoms with Gasteiger partial charge in [-0.25, -0.2) is 8.42 Å². The normalized spacial score (nSPS) is 22.0. The van der Waals surface area contributed by atoms with Gasteiger partial charge in [-0.1, -0.05) is 19.1 Å². The van der Waals surface area contributed by atoms with Gasteiger partial charge in [-0.2, -0.15) is 0 Å². The summed E-state index contributed by atoms with van der Waals surface area (Å²) in [7, 11) is -3.47. The SMILES string of the molecule is CC[C@@H](C)S(=O)(=O)NC(=O)C[C@H]1C=CCC1. The Bertz CT molecular complexity index is 373. The number of hydrogen-bond acceptors (Lipinski definition) is 3. The Labute approximate surface area is 97.2 Å². The van der Waals surface area contributed by atoms with Crippen molar-refractivity contribution in [1.82, 2.24) is 4.72 Å². The molecule has 0 fully saturated rings. The fraction of sp³-hybridized carbons (Fsp3) is 0.727. The predicted octanol–water partition coefficient (Wildman–Crippen LogP) is 1.59. The van der Waals surface area contributed by atoms with E-state index in [1.54, 1.807) is 13.8 Å². The minimum atomic E-state index is -3.47. The van der Waals surface area contributed by atoms with Gasteiger partial charge in [0.05, 0.1) is 5.25 Å². The van der Waals surface area contributed by atoms with Crippen LogP contribution in [0.5, 0.6) is 0 Å². The molecule has 0 radical (unpaired) electrons. The predicted molar refractivity (Wildman–Crippen MR) is 63.3 cm³/mol. The van der Waals surface area contributed by atoms with Gasteiger partial charge in [0, 0.05) is 6.42 Å². The highest BCUT2D eigenvalue weighted by molar-refractivity contribution is 7.90. The zero-order chi connectivity index (χ0) is 12.2. The number of sulfonamides is 1. The fourth-order valence-electron chi connectivity index (χ4n) is 1.62. The van der Waals surface area contributed by atoms with Gasteiger partial charge in [0.25, 0.3) is 0 Å². The minimum absolute atomic E-state index is 0.201. The molecule has 0 aromatic heterocycles. The largest absolute Gasteiger partial charge is 0.274 e. The third kappa shape index (κ3) is 3.63. The van der Waals surface area contributed by atoms with Crippen LogP contribution in [0.4, 0.5) is 0 Å². The van der Waals surface area contributed by atoms with Gasteiger partial charge in [-0.3, -0.25) is 9.52 Å². The zero-order valence-electron chi connectivity index (χ0n) is 9.77. The average Bonchev–Trinajstić information content (AvgIpc) is 2.67. The smallest absolute Gasteiger partial charge is 0.237 e. The van der Waals surface area contributed by atoms with Crippen molar-refractivity contribution in [1.29, 1.82) is 0 Å². The molecule has 0 saturated carbocycles. The van der Waals surface area contributed by atoms with Gasteiger partial charge in [-0.05, 0) is 32.1 Å². The van der Waals surface area contributed by atoms with Crippen LogP contribution in [0.2, 0.25) is 0 Å².